The Morgan fingerprint density at radius 1 is 1.00 bits per heavy atom. The molecule has 0 unspecified atom stereocenters. The third-order valence-corrected chi connectivity index (χ3v) is 5.41. The molecule has 32 heavy (non-hydrogen) atoms. The molecule has 0 saturated carbocycles. The first-order valence-corrected chi connectivity index (χ1v) is 10.9. The van der Waals surface area contributed by atoms with Crippen LogP contribution in [0.2, 0.25) is 0 Å². The molecule has 2 heterocycles. The minimum Gasteiger partial charge on any atom is -0.494 e. The quantitative estimate of drug-likeness (QED) is 0.184. The zero-order valence-corrected chi connectivity index (χ0v) is 18.6. The van der Waals surface area contributed by atoms with Crippen molar-refractivity contribution in [2.24, 2.45) is 0 Å². The van der Waals surface area contributed by atoms with Crippen molar-refractivity contribution in [2.75, 3.05) is 42.3 Å². The number of nitrogens with one attached hydrogen (secondary N) is 2. The van der Waals surface area contributed by atoms with Gasteiger partial charge in [-0.25, -0.2) is 0 Å². The zero-order chi connectivity index (χ0) is 22.3. The Hall–Kier alpha value is -3.79. The minimum absolute atomic E-state index is 0.517. The van der Waals surface area contributed by atoms with Crippen LogP contribution < -0.4 is 25.2 Å². The molecule has 166 valence electrons. The van der Waals surface area contributed by atoms with E-state index in [0.29, 0.717) is 41.3 Å². The van der Waals surface area contributed by atoms with Gasteiger partial charge in [0.25, 0.3) is 0 Å². The lowest BCUT2D eigenvalue weighted by atomic mass is 10.2. The second-order valence-electron chi connectivity index (χ2n) is 6.64. The molecule has 0 aliphatic heterocycles. The normalized spacial score (nSPS) is 10.7. The highest BCUT2D eigenvalue weighted by Gasteiger charge is 2.23. The van der Waals surface area contributed by atoms with E-state index in [9.17, 15) is 0 Å². The molecular formula is C22H24N6O3S. The van der Waals surface area contributed by atoms with Crippen LogP contribution in [0, 0.1) is 0 Å². The number of hydrogen-bond acceptors (Lipinski definition) is 9. The molecule has 4 N–H and O–H groups in total. The van der Waals surface area contributed by atoms with Gasteiger partial charge >= 0.3 is 0 Å². The van der Waals surface area contributed by atoms with Gasteiger partial charge in [0.1, 0.15) is 17.2 Å². The van der Waals surface area contributed by atoms with Gasteiger partial charge in [-0.3, -0.25) is 9.29 Å². The highest BCUT2D eigenvalue weighted by Crippen LogP contribution is 2.37. The summed E-state index contributed by atoms with van der Waals surface area (Å²) in [6.07, 6.45) is 1.59. The monoisotopic (exact) mass is 452 g/mol. The summed E-state index contributed by atoms with van der Waals surface area (Å²) in [5.41, 5.74) is 8.28. The predicted molar refractivity (Wildman–Crippen MR) is 128 cm³/mol. The van der Waals surface area contributed by atoms with Crippen LogP contribution in [-0.4, -0.2) is 41.3 Å². The molecule has 10 heteroatoms. The Balaban J connectivity index is 1.57. The van der Waals surface area contributed by atoms with Crippen LogP contribution in [0.15, 0.2) is 65.3 Å². The van der Waals surface area contributed by atoms with Gasteiger partial charge in [-0.2, -0.15) is 0 Å². The first-order chi connectivity index (χ1) is 15.7. The second-order valence-corrected chi connectivity index (χ2v) is 7.54. The first-order valence-electron chi connectivity index (χ1n) is 9.89. The number of rotatable bonds is 10. The molecule has 0 amide bonds. The second kappa shape index (κ2) is 10.0. The number of anilines is 3. The molecule has 9 nitrogen and oxygen atoms in total. The van der Waals surface area contributed by atoms with Crippen LogP contribution in [0.4, 0.5) is 17.3 Å². The van der Waals surface area contributed by atoms with Gasteiger partial charge in [0.2, 0.25) is 11.8 Å². The summed E-state index contributed by atoms with van der Waals surface area (Å²) in [4.78, 5) is 0. The molecular weight excluding hydrogens is 428 g/mol. The van der Waals surface area contributed by atoms with Gasteiger partial charge in [0, 0.05) is 12.3 Å². The van der Waals surface area contributed by atoms with Crippen LogP contribution in [0.5, 0.6) is 11.5 Å². The Morgan fingerprint density at radius 2 is 1.78 bits per heavy atom. The smallest absolute Gasteiger partial charge is 0.239 e. The maximum Gasteiger partial charge on any atom is 0.239 e. The zero-order valence-electron chi connectivity index (χ0n) is 17.7. The average molecular weight is 453 g/mol. The summed E-state index contributed by atoms with van der Waals surface area (Å²) in [6, 6.07) is 16.9. The fourth-order valence-electron chi connectivity index (χ4n) is 3.19. The van der Waals surface area contributed by atoms with E-state index in [1.54, 1.807) is 26.5 Å². The van der Waals surface area contributed by atoms with E-state index in [-0.39, 0.29) is 0 Å². The molecule has 0 aliphatic carbocycles. The van der Waals surface area contributed by atoms with Crippen molar-refractivity contribution in [2.45, 2.75) is 0 Å². The lowest BCUT2D eigenvalue weighted by Crippen LogP contribution is -2.09. The number of para-hydroxylation sites is 3. The number of nitrogens with two attached hydrogens (primary N) is 1. The Bertz CT molecular complexity index is 1140. The SMILES string of the molecule is COc1cccc(OC)c1-n1c(NSCCNc2ccccc2N)nnc1-c1ccco1. The van der Waals surface area contributed by atoms with E-state index >= 15 is 0 Å². The molecule has 0 fully saturated rings. The third kappa shape index (κ3) is 4.45. The lowest BCUT2D eigenvalue weighted by molar-refractivity contribution is 0.391. The number of nitrogen functional groups attached to an aromatic ring is 1. The number of hydrogen-bond donors (Lipinski definition) is 3. The molecule has 0 bridgehead atoms. The van der Waals surface area contributed by atoms with E-state index in [1.807, 2.05) is 53.1 Å². The Labute approximate surface area is 190 Å². The summed E-state index contributed by atoms with van der Waals surface area (Å²) in [5.74, 6) is 3.60. The van der Waals surface area contributed by atoms with E-state index in [4.69, 9.17) is 19.6 Å². The minimum atomic E-state index is 0.517. The van der Waals surface area contributed by atoms with Crippen molar-refractivity contribution in [3.63, 3.8) is 0 Å². The first kappa shape index (κ1) is 21.4. The topological polar surface area (TPSA) is 112 Å². The van der Waals surface area contributed by atoms with E-state index in [1.165, 1.54) is 11.9 Å². The fourth-order valence-corrected chi connectivity index (χ4v) is 3.76. The van der Waals surface area contributed by atoms with Crippen molar-refractivity contribution in [3.8, 4) is 28.8 Å². The van der Waals surface area contributed by atoms with Gasteiger partial charge in [0.05, 0.1) is 31.9 Å². The summed E-state index contributed by atoms with van der Waals surface area (Å²) in [5, 5.41) is 12.0. The van der Waals surface area contributed by atoms with Crippen LogP contribution in [0.1, 0.15) is 0 Å². The van der Waals surface area contributed by atoms with Crippen molar-refractivity contribution in [1.82, 2.24) is 14.8 Å². The molecule has 0 spiro atoms. The van der Waals surface area contributed by atoms with Crippen LogP contribution in [0.25, 0.3) is 17.3 Å². The lowest BCUT2D eigenvalue weighted by Gasteiger charge is -2.17. The molecule has 2 aromatic heterocycles. The number of nitrogens with zero attached hydrogens (tertiary/aromatic N) is 3. The molecule has 0 saturated heterocycles. The number of ether oxygens (including phenoxy) is 2. The van der Waals surface area contributed by atoms with E-state index in [2.05, 4.69) is 20.2 Å². The maximum atomic E-state index is 5.98. The van der Waals surface area contributed by atoms with Crippen molar-refractivity contribution in [3.05, 3.63) is 60.9 Å². The van der Waals surface area contributed by atoms with Crippen LogP contribution in [0.3, 0.4) is 0 Å². The summed E-state index contributed by atoms with van der Waals surface area (Å²) >= 11 is 1.49. The maximum absolute atomic E-state index is 5.98. The van der Waals surface area contributed by atoms with Gasteiger partial charge in [0.15, 0.2) is 5.76 Å². The standard InChI is InChI=1S/C22H24N6O3S/c1-29-17-9-5-10-18(30-2)20(17)28-21(19-11-6-13-31-19)25-26-22(28)27-32-14-12-24-16-8-4-3-7-15(16)23/h3-11,13,24H,12,14,23H2,1-2H3,(H,26,27). The summed E-state index contributed by atoms with van der Waals surface area (Å²) < 4.78 is 21.9. The summed E-state index contributed by atoms with van der Waals surface area (Å²) in [6.45, 7) is 0.711. The molecule has 0 radical (unpaired) electrons. The van der Waals surface area contributed by atoms with Gasteiger partial charge in [-0.1, -0.05) is 18.2 Å². The molecule has 0 atom stereocenters. The Morgan fingerprint density at radius 3 is 2.47 bits per heavy atom. The van der Waals surface area contributed by atoms with Crippen molar-refractivity contribution < 1.29 is 13.9 Å². The third-order valence-electron chi connectivity index (χ3n) is 4.67. The molecule has 4 rings (SSSR count). The number of aromatic nitrogens is 3. The average Bonchev–Trinajstić information content (AvgIpc) is 3.49. The Kier molecular flexibility index (Phi) is 6.71. The number of furan rings is 1. The van der Waals surface area contributed by atoms with E-state index < -0.39 is 0 Å². The number of benzene rings is 2. The largest absolute Gasteiger partial charge is 0.494 e. The number of methoxy groups -OCH3 is 2. The summed E-state index contributed by atoms with van der Waals surface area (Å²) in [7, 11) is 3.22. The molecule has 4 aromatic rings. The highest BCUT2D eigenvalue weighted by molar-refractivity contribution is 8.00. The van der Waals surface area contributed by atoms with Crippen molar-refractivity contribution in [1.29, 1.82) is 0 Å². The van der Waals surface area contributed by atoms with Gasteiger partial charge in [-0.15, -0.1) is 10.2 Å². The van der Waals surface area contributed by atoms with Crippen LogP contribution in [-0.2, 0) is 0 Å². The van der Waals surface area contributed by atoms with E-state index in [0.717, 1.165) is 17.1 Å². The fraction of sp³-hybridized carbons (Fsp3) is 0.182. The highest BCUT2D eigenvalue weighted by atomic mass is 32.2. The van der Waals surface area contributed by atoms with Gasteiger partial charge in [-0.05, 0) is 48.3 Å². The molecule has 0 aliphatic rings. The van der Waals surface area contributed by atoms with Gasteiger partial charge < -0.3 is 24.9 Å². The molecule has 2 aromatic carbocycles. The van der Waals surface area contributed by atoms with Crippen LogP contribution >= 0.6 is 11.9 Å². The van der Waals surface area contributed by atoms with Crippen molar-refractivity contribution >= 4 is 29.3 Å². The predicted octanol–water partition coefficient (Wildman–Crippen LogP) is 4.30.